The molecule has 2 rings (SSSR count). The molecule has 0 amide bonds. The van der Waals surface area contributed by atoms with Crippen LogP contribution in [0.4, 0.5) is 0 Å². The summed E-state index contributed by atoms with van der Waals surface area (Å²) in [5, 5.41) is 2.94. The van der Waals surface area contributed by atoms with Gasteiger partial charge < -0.3 is 10.3 Å². The van der Waals surface area contributed by atoms with Crippen molar-refractivity contribution in [1.29, 1.82) is 0 Å². The lowest BCUT2D eigenvalue weighted by atomic mass is 10.2. The normalized spacial score (nSPS) is 16.1. The maximum absolute atomic E-state index is 11.5. The summed E-state index contributed by atoms with van der Waals surface area (Å²) in [4.78, 5) is 18.4. The molecule has 2 N–H and O–H groups in total. The molecule has 4 nitrogen and oxygen atoms in total. The Morgan fingerprint density at radius 2 is 2.46 bits per heavy atom. The van der Waals surface area contributed by atoms with E-state index in [0.717, 1.165) is 18.4 Å². The summed E-state index contributed by atoms with van der Waals surface area (Å²) in [6, 6.07) is 0. The summed E-state index contributed by atoms with van der Waals surface area (Å²) in [6.07, 6.45) is 3.98. The topological polar surface area (TPSA) is 57.8 Å². The quantitative estimate of drug-likeness (QED) is 0.704. The molecule has 0 radical (unpaired) electrons. The zero-order chi connectivity index (χ0) is 9.26. The molecule has 1 fully saturated rings. The Hall–Kier alpha value is -1.16. The smallest absolute Gasteiger partial charge is 0.254 e. The van der Waals surface area contributed by atoms with Crippen LogP contribution < -0.4 is 10.9 Å². The predicted molar refractivity (Wildman–Crippen MR) is 49.6 cm³/mol. The van der Waals surface area contributed by atoms with Crippen molar-refractivity contribution in [2.75, 3.05) is 7.05 Å². The third-order valence-electron chi connectivity index (χ3n) is 2.24. The molecule has 1 aromatic rings. The molecular weight excluding hydrogens is 166 g/mol. The minimum Gasteiger partial charge on any atom is -0.313 e. The van der Waals surface area contributed by atoms with Crippen molar-refractivity contribution in [3.8, 4) is 0 Å². The zero-order valence-electron chi connectivity index (χ0n) is 7.63. The minimum atomic E-state index is 0.0303. The van der Waals surface area contributed by atoms with Gasteiger partial charge in [-0.25, -0.2) is 4.98 Å². The SMILES string of the molecule is CNCc1ncc(C2CC2)c(=O)[nH]1. The molecule has 0 aliphatic heterocycles. The molecule has 70 valence electrons. The number of hydrogen-bond acceptors (Lipinski definition) is 3. The molecule has 0 bridgehead atoms. The largest absolute Gasteiger partial charge is 0.313 e. The molecule has 1 heterocycles. The van der Waals surface area contributed by atoms with Crippen LogP contribution in [0.15, 0.2) is 11.0 Å². The summed E-state index contributed by atoms with van der Waals surface area (Å²) in [5.74, 6) is 1.18. The van der Waals surface area contributed by atoms with Crippen LogP contribution in [0.3, 0.4) is 0 Å². The van der Waals surface area contributed by atoms with E-state index in [4.69, 9.17) is 0 Å². The van der Waals surface area contributed by atoms with E-state index in [1.165, 1.54) is 0 Å². The van der Waals surface area contributed by atoms with Gasteiger partial charge in [0.05, 0.1) is 6.54 Å². The van der Waals surface area contributed by atoms with E-state index in [-0.39, 0.29) is 5.56 Å². The zero-order valence-corrected chi connectivity index (χ0v) is 7.63. The second-order valence-corrected chi connectivity index (χ2v) is 3.42. The highest BCUT2D eigenvalue weighted by Gasteiger charge is 2.26. The molecule has 1 saturated carbocycles. The predicted octanol–water partition coefficient (Wildman–Crippen LogP) is 0.367. The third kappa shape index (κ3) is 1.78. The fraction of sp³-hybridized carbons (Fsp3) is 0.556. The highest BCUT2D eigenvalue weighted by atomic mass is 16.1. The molecule has 1 aliphatic carbocycles. The van der Waals surface area contributed by atoms with Crippen molar-refractivity contribution in [2.45, 2.75) is 25.3 Å². The molecule has 1 aliphatic rings. The van der Waals surface area contributed by atoms with Gasteiger partial charge in [0.1, 0.15) is 5.82 Å². The highest BCUT2D eigenvalue weighted by molar-refractivity contribution is 5.17. The lowest BCUT2D eigenvalue weighted by Crippen LogP contribution is -2.18. The van der Waals surface area contributed by atoms with Crippen LogP contribution in [0.1, 0.15) is 30.1 Å². The number of hydrogen-bond donors (Lipinski definition) is 2. The van der Waals surface area contributed by atoms with Gasteiger partial charge in [0.25, 0.3) is 5.56 Å². The Balaban J connectivity index is 2.26. The number of aromatic amines is 1. The monoisotopic (exact) mass is 179 g/mol. The van der Waals surface area contributed by atoms with Gasteiger partial charge in [-0.2, -0.15) is 0 Å². The maximum atomic E-state index is 11.5. The van der Waals surface area contributed by atoms with E-state index in [1.54, 1.807) is 6.20 Å². The Kier molecular flexibility index (Phi) is 2.14. The first kappa shape index (κ1) is 8.44. The fourth-order valence-electron chi connectivity index (χ4n) is 1.38. The standard InChI is InChI=1S/C9H13N3O/c1-10-5-8-11-4-7(6-2-3-6)9(13)12-8/h4,6,10H,2-3,5H2,1H3,(H,11,12,13). The lowest BCUT2D eigenvalue weighted by Gasteiger charge is -2.00. The third-order valence-corrected chi connectivity index (χ3v) is 2.24. The summed E-state index contributed by atoms with van der Waals surface area (Å²) < 4.78 is 0. The van der Waals surface area contributed by atoms with Crippen LogP contribution in [0, 0.1) is 0 Å². The van der Waals surface area contributed by atoms with Crippen LogP contribution in [-0.2, 0) is 6.54 Å². The van der Waals surface area contributed by atoms with Crippen LogP contribution in [-0.4, -0.2) is 17.0 Å². The van der Waals surface area contributed by atoms with Crippen LogP contribution in [0.5, 0.6) is 0 Å². The van der Waals surface area contributed by atoms with Crippen molar-refractivity contribution in [1.82, 2.24) is 15.3 Å². The average molecular weight is 179 g/mol. The molecule has 0 atom stereocenters. The van der Waals surface area contributed by atoms with Crippen molar-refractivity contribution in [3.63, 3.8) is 0 Å². The molecule has 1 aromatic heterocycles. The first-order valence-electron chi connectivity index (χ1n) is 4.54. The average Bonchev–Trinajstić information content (AvgIpc) is 2.88. The fourth-order valence-corrected chi connectivity index (χ4v) is 1.38. The molecule has 0 saturated heterocycles. The molecule has 0 unspecified atom stereocenters. The number of nitrogens with zero attached hydrogens (tertiary/aromatic N) is 1. The number of aromatic nitrogens is 2. The van der Waals surface area contributed by atoms with E-state index >= 15 is 0 Å². The van der Waals surface area contributed by atoms with Crippen LogP contribution in [0.2, 0.25) is 0 Å². The second-order valence-electron chi connectivity index (χ2n) is 3.42. The van der Waals surface area contributed by atoms with Crippen molar-refractivity contribution in [2.24, 2.45) is 0 Å². The number of H-pyrrole nitrogens is 1. The summed E-state index contributed by atoms with van der Waals surface area (Å²) in [7, 11) is 1.83. The van der Waals surface area contributed by atoms with Crippen molar-refractivity contribution < 1.29 is 0 Å². The highest BCUT2D eigenvalue weighted by Crippen LogP contribution is 2.37. The van der Waals surface area contributed by atoms with Gasteiger partial charge >= 0.3 is 0 Å². The van der Waals surface area contributed by atoms with Gasteiger partial charge in [0.15, 0.2) is 0 Å². The van der Waals surface area contributed by atoms with Crippen LogP contribution in [0.25, 0.3) is 0 Å². The first-order chi connectivity index (χ1) is 6.31. The minimum absolute atomic E-state index is 0.0303. The van der Waals surface area contributed by atoms with Gasteiger partial charge in [-0.15, -0.1) is 0 Å². The second kappa shape index (κ2) is 3.30. The molecular formula is C9H13N3O. The van der Waals surface area contributed by atoms with E-state index in [1.807, 2.05) is 7.05 Å². The van der Waals surface area contributed by atoms with E-state index < -0.39 is 0 Å². The van der Waals surface area contributed by atoms with Gasteiger partial charge in [0.2, 0.25) is 0 Å². The van der Waals surface area contributed by atoms with E-state index in [9.17, 15) is 4.79 Å². The lowest BCUT2D eigenvalue weighted by molar-refractivity contribution is 0.746. The Morgan fingerprint density at radius 1 is 1.69 bits per heavy atom. The molecule has 13 heavy (non-hydrogen) atoms. The number of nitrogens with one attached hydrogen (secondary N) is 2. The van der Waals surface area contributed by atoms with E-state index in [0.29, 0.717) is 18.3 Å². The van der Waals surface area contributed by atoms with Crippen LogP contribution >= 0.6 is 0 Å². The number of rotatable bonds is 3. The Morgan fingerprint density at radius 3 is 3.00 bits per heavy atom. The summed E-state index contributed by atoms with van der Waals surface area (Å²) in [5.41, 5.74) is 0.877. The molecule has 0 spiro atoms. The van der Waals surface area contributed by atoms with E-state index in [2.05, 4.69) is 15.3 Å². The Labute approximate surface area is 76.4 Å². The van der Waals surface area contributed by atoms with Crippen molar-refractivity contribution >= 4 is 0 Å². The van der Waals surface area contributed by atoms with Gasteiger partial charge in [-0.3, -0.25) is 4.79 Å². The summed E-state index contributed by atoms with van der Waals surface area (Å²) in [6.45, 7) is 0.611. The molecule has 0 aromatic carbocycles. The van der Waals surface area contributed by atoms with Gasteiger partial charge in [-0.05, 0) is 25.8 Å². The van der Waals surface area contributed by atoms with Gasteiger partial charge in [-0.1, -0.05) is 0 Å². The Bertz CT molecular complexity index is 354. The molecule has 4 heteroatoms. The first-order valence-corrected chi connectivity index (χ1v) is 4.54. The van der Waals surface area contributed by atoms with Gasteiger partial charge in [0, 0.05) is 11.8 Å². The van der Waals surface area contributed by atoms with Crippen molar-refractivity contribution in [3.05, 3.63) is 27.9 Å². The summed E-state index contributed by atoms with van der Waals surface area (Å²) >= 11 is 0. The maximum Gasteiger partial charge on any atom is 0.254 e.